The molecule has 1 aromatic carbocycles. The highest BCUT2D eigenvalue weighted by atomic mass is 19.4. The van der Waals surface area contributed by atoms with Gasteiger partial charge in [0.05, 0.1) is 12.1 Å². The average Bonchev–Trinajstić information content (AvgIpc) is 3.12. The maximum absolute atomic E-state index is 12.9. The molecule has 1 saturated heterocycles. The second-order valence-corrected chi connectivity index (χ2v) is 7.61. The Balaban J connectivity index is 0.000000479. The lowest BCUT2D eigenvalue weighted by molar-refractivity contribution is -0.192. The van der Waals surface area contributed by atoms with E-state index in [0.29, 0.717) is 28.3 Å². The third-order valence-electron chi connectivity index (χ3n) is 5.21. The minimum atomic E-state index is -5.08. The largest absolute Gasteiger partial charge is 0.490 e. The van der Waals surface area contributed by atoms with Crippen LogP contribution in [0.4, 0.5) is 19.0 Å². The monoisotopic (exact) mass is 517 g/mol. The highest BCUT2D eigenvalue weighted by Gasteiger charge is 2.38. The first-order valence-corrected chi connectivity index (χ1v) is 10.9. The van der Waals surface area contributed by atoms with Crippen LogP contribution in [0.25, 0.3) is 11.2 Å². The number of carboxylic acid groups (broad SMARTS) is 1. The Bertz CT molecular complexity index is 1460. The number of para-hydroxylation sites is 1. The number of imidazole rings is 1. The predicted molar refractivity (Wildman–Crippen MR) is 126 cm³/mol. The van der Waals surface area contributed by atoms with Crippen molar-refractivity contribution in [2.24, 2.45) is 7.05 Å². The van der Waals surface area contributed by atoms with Crippen LogP contribution in [0.5, 0.6) is 11.8 Å². The first-order valence-electron chi connectivity index (χ1n) is 10.9. The Morgan fingerprint density at radius 3 is 2.49 bits per heavy atom. The molecule has 194 valence electrons. The fourth-order valence-electron chi connectivity index (χ4n) is 3.45. The zero-order valence-corrected chi connectivity index (χ0v) is 19.8. The van der Waals surface area contributed by atoms with Crippen LogP contribution in [0, 0.1) is 23.2 Å². The number of benzene rings is 1. The Kier molecular flexibility index (Phi) is 8.37. The van der Waals surface area contributed by atoms with Gasteiger partial charge in [-0.1, -0.05) is 18.1 Å². The van der Waals surface area contributed by atoms with Gasteiger partial charge in [0.2, 0.25) is 0 Å². The van der Waals surface area contributed by atoms with Gasteiger partial charge in [-0.25, -0.2) is 9.59 Å². The molecule has 0 bridgehead atoms. The smallest absolute Gasteiger partial charge is 0.475 e. The summed E-state index contributed by atoms with van der Waals surface area (Å²) in [5.41, 5.74) is 1.27. The summed E-state index contributed by atoms with van der Waals surface area (Å²) in [6.45, 7) is 5.09. The number of hydrogen-bond donors (Lipinski definition) is 2. The van der Waals surface area contributed by atoms with Gasteiger partial charge in [0, 0.05) is 33.2 Å². The molecule has 3 aromatic rings. The topological polar surface area (TPSA) is 138 Å². The minimum Gasteiger partial charge on any atom is -0.475 e. The predicted octanol–water partition coefficient (Wildman–Crippen LogP) is 1.86. The van der Waals surface area contributed by atoms with Crippen LogP contribution >= 0.6 is 0 Å². The number of carboxylic acids is 1. The molecule has 0 atom stereocenters. The molecular weight excluding hydrogens is 495 g/mol. The van der Waals surface area contributed by atoms with Crippen molar-refractivity contribution in [3.63, 3.8) is 0 Å². The van der Waals surface area contributed by atoms with Gasteiger partial charge in [-0.3, -0.25) is 9.13 Å². The van der Waals surface area contributed by atoms with E-state index >= 15 is 0 Å². The van der Waals surface area contributed by atoms with Crippen LogP contribution in [0.2, 0.25) is 0 Å². The number of aliphatic carboxylic acids is 1. The maximum Gasteiger partial charge on any atom is 0.490 e. The molecule has 0 unspecified atom stereocenters. The quantitative estimate of drug-likeness (QED) is 0.497. The van der Waals surface area contributed by atoms with Crippen LogP contribution in [-0.2, 0) is 18.4 Å². The van der Waals surface area contributed by atoms with E-state index in [9.17, 15) is 23.2 Å². The molecule has 14 heteroatoms. The number of aromatic nitrogens is 4. The molecule has 1 fully saturated rings. The van der Waals surface area contributed by atoms with Crippen molar-refractivity contribution in [1.82, 2.24) is 24.4 Å². The van der Waals surface area contributed by atoms with Crippen LogP contribution in [0.1, 0.15) is 12.5 Å². The number of aryl methyl sites for hydroxylation is 1. The van der Waals surface area contributed by atoms with Gasteiger partial charge in [0.25, 0.3) is 0 Å². The molecule has 2 N–H and O–H groups in total. The molecule has 0 spiro atoms. The summed E-state index contributed by atoms with van der Waals surface area (Å²) >= 11 is 0. The second-order valence-electron chi connectivity index (χ2n) is 7.61. The molecule has 4 rings (SSSR count). The molecule has 0 saturated carbocycles. The van der Waals surface area contributed by atoms with Crippen molar-refractivity contribution in [2.75, 3.05) is 31.1 Å². The lowest BCUT2D eigenvalue weighted by Gasteiger charge is -2.29. The van der Waals surface area contributed by atoms with Crippen molar-refractivity contribution >= 4 is 23.0 Å². The van der Waals surface area contributed by atoms with Crippen LogP contribution in [-0.4, -0.2) is 62.5 Å². The average molecular weight is 517 g/mol. The van der Waals surface area contributed by atoms with Gasteiger partial charge >= 0.3 is 23.8 Å². The summed E-state index contributed by atoms with van der Waals surface area (Å²) < 4.78 is 40.7. The van der Waals surface area contributed by atoms with Crippen molar-refractivity contribution in [1.29, 1.82) is 5.26 Å². The first-order chi connectivity index (χ1) is 17.6. The molecule has 37 heavy (non-hydrogen) atoms. The molecule has 1 aliphatic heterocycles. The van der Waals surface area contributed by atoms with E-state index in [1.165, 1.54) is 4.57 Å². The standard InChI is InChI=1S/C21H21N7O2.C2HF3O2/c1-3-4-11-28-17-18(26(2)21(28)29)24-20(25-19(17)27-12-9-23-10-13-27)30-16-8-6-5-7-15(16)14-22;3-2(4,5)1(6)7/h5-8,23H,9-13H2,1-2H3;(H,6,7). The van der Waals surface area contributed by atoms with Crippen LogP contribution in [0.15, 0.2) is 29.1 Å². The number of anilines is 1. The van der Waals surface area contributed by atoms with Gasteiger partial charge in [0.15, 0.2) is 11.5 Å². The normalized spacial score (nSPS) is 13.1. The minimum absolute atomic E-state index is 0.0908. The van der Waals surface area contributed by atoms with E-state index in [-0.39, 0.29) is 18.2 Å². The lowest BCUT2D eigenvalue weighted by Crippen LogP contribution is -2.44. The third-order valence-corrected chi connectivity index (χ3v) is 5.21. The van der Waals surface area contributed by atoms with Gasteiger partial charge in [-0.15, -0.1) is 5.92 Å². The van der Waals surface area contributed by atoms with E-state index in [4.69, 9.17) is 14.6 Å². The van der Waals surface area contributed by atoms with Crippen molar-refractivity contribution in [3.8, 4) is 29.7 Å². The highest BCUT2D eigenvalue weighted by molar-refractivity contribution is 5.85. The molecule has 0 aliphatic carbocycles. The molecule has 2 aromatic heterocycles. The Hall–Kier alpha value is -4.56. The van der Waals surface area contributed by atoms with E-state index in [2.05, 4.69) is 38.1 Å². The summed E-state index contributed by atoms with van der Waals surface area (Å²) in [6.07, 6.45) is -5.08. The number of rotatable bonds is 4. The third kappa shape index (κ3) is 6.17. The maximum atomic E-state index is 12.9. The molecule has 11 nitrogen and oxygen atoms in total. The van der Waals surface area contributed by atoms with Crippen LogP contribution < -0.4 is 20.6 Å². The van der Waals surface area contributed by atoms with E-state index in [0.717, 1.165) is 26.2 Å². The van der Waals surface area contributed by atoms with Gasteiger partial charge < -0.3 is 20.1 Å². The SMILES string of the molecule is CC#CCn1c(=O)n(C)c2nc(Oc3ccccc3C#N)nc(N3CCNCC3)c21.O=C(O)C(F)(F)F. The van der Waals surface area contributed by atoms with E-state index in [1.54, 1.807) is 42.8 Å². The van der Waals surface area contributed by atoms with Crippen molar-refractivity contribution in [3.05, 3.63) is 40.3 Å². The fraction of sp³-hybridized carbons (Fsp3) is 0.348. The number of halogens is 3. The molecule has 3 heterocycles. The van der Waals surface area contributed by atoms with Gasteiger partial charge in [0.1, 0.15) is 17.3 Å². The number of hydrogen-bond acceptors (Lipinski definition) is 8. The second kappa shape index (κ2) is 11.5. The highest BCUT2D eigenvalue weighted by Crippen LogP contribution is 2.29. The van der Waals surface area contributed by atoms with E-state index < -0.39 is 12.1 Å². The molecular formula is C23H22F3N7O4. The summed E-state index contributed by atoms with van der Waals surface area (Å²) in [6, 6.07) is 9.10. The first kappa shape index (κ1) is 27.0. The number of nitrogens with zero attached hydrogens (tertiary/aromatic N) is 6. The number of piperazine rings is 1. The van der Waals surface area contributed by atoms with Crippen molar-refractivity contribution in [2.45, 2.75) is 19.6 Å². The van der Waals surface area contributed by atoms with Crippen molar-refractivity contribution < 1.29 is 27.8 Å². The zero-order chi connectivity index (χ0) is 27.2. The van der Waals surface area contributed by atoms with Gasteiger partial charge in [-0.05, 0) is 19.1 Å². The summed E-state index contributed by atoms with van der Waals surface area (Å²) in [4.78, 5) is 33.0. The summed E-state index contributed by atoms with van der Waals surface area (Å²) in [5.74, 6) is 4.03. The fourth-order valence-corrected chi connectivity index (χ4v) is 3.45. The van der Waals surface area contributed by atoms with Gasteiger partial charge in [-0.2, -0.15) is 28.4 Å². The molecule has 1 aliphatic rings. The summed E-state index contributed by atoms with van der Waals surface area (Å²) in [7, 11) is 1.67. The molecule has 0 amide bonds. The number of nitrogens with one attached hydrogen (secondary N) is 1. The number of nitriles is 1. The summed E-state index contributed by atoms with van der Waals surface area (Å²) in [5, 5.41) is 19.8. The Morgan fingerprint density at radius 2 is 1.89 bits per heavy atom. The van der Waals surface area contributed by atoms with Crippen LogP contribution in [0.3, 0.4) is 0 Å². The Morgan fingerprint density at radius 1 is 1.24 bits per heavy atom. The number of fused-ring (bicyclic) bond motifs is 1. The molecule has 0 radical (unpaired) electrons. The number of carbonyl (C=O) groups is 1. The number of alkyl halides is 3. The number of ether oxygens (including phenoxy) is 1. The zero-order valence-electron chi connectivity index (χ0n) is 19.8. The van der Waals surface area contributed by atoms with E-state index in [1.807, 2.05) is 0 Å². The lowest BCUT2D eigenvalue weighted by atomic mass is 10.2. The Labute approximate surface area is 208 Å².